The number of ether oxygens (including phenoxy) is 1. The van der Waals surface area contributed by atoms with Gasteiger partial charge in [0, 0.05) is 23.0 Å². The Bertz CT molecular complexity index is 734. The molecule has 1 atom stereocenters. The molecule has 0 spiro atoms. The van der Waals surface area contributed by atoms with Crippen LogP contribution >= 0.6 is 11.3 Å². The Morgan fingerprint density at radius 3 is 2.71 bits per heavy atom. The topological polar surface area (TPSA) is 41.6 Å². The molecular weight excluding hydrogens is 320 g/mol. The summed E-state index contributed by atoms with van der Waals surface area (Å²) in [5, 5.41) is 3.26. The quantitative estimate of drug-likeness (QED) is 0.927. The smallest absolute Gasteiger partial charge is 0.261 e. The molecule has 3 fully saturated rings. The van der Waals surface area contributed by atoms with E-state index in [1.807, 2.05) is 36.4 Å². The van der Waals surface area contributed by atoms with Gasteiger partial charge in [-0.2, -0.15) is 0 Å². The SMILES string of the molecule is COc1ccccc1-c1ccc(C(=O)NC2CN3CCC2CC3)s1. The number of piperidine rings is 3. The second kappa shape index (κ2) is 6.57. The number of benzene rings is 1. The minimum atomic E-state index is 0.0555. The lowest BCUT2D eigenvalue weighted by atomic mass is 9.84. The summed E-state index contributed by atoms with van der Waals surface area (Å²) in [6, 6.07) is 12.2. The predicted molar refractivity (Wildman–Crippen MR) is 96.7 cm³/mol. The van der Waals surface area contributed by atoms with E-state index < -0.39 is 0 Å². The molecule has 0 saturated carbocycles. The van der Waals surface area contributed by atoms with Crippen LogP contribution in [0.1, 0.15) is 22.5 Å². The van der Waals surface area contributed by atoms with Crippen LogP contribution in [0.15, 0.2) is 36.4 Å². The lowest BCUT2D eigenvalue weighted by Gasteiger charge is -2.44. The van der Waals surface area contributed by atoms with E-state index in [4.69, 9.17) is 4.74 Å². The number of hydrogen-bond acceptors (Lipinski definition) is 4. The molecule has 1 aromatic heterocycles. The first-order valence-electron chi connectivity index (χ1n) is 8.51. The first kappa shape index (κ1) is 15.7. The number of thiophene rings is 1. The predicted octanol–water partition coefficient (Wildman–Crippen LogP) is 3.25. The summed E-state index contributed by atoms with van der Waals surface area (Å²) in [5.41, 5.74) is 1.03. The van der Waals surface area contributed by atoms with Gasteiger partial charge in [0.15, 0.2) is 0 Å². The maximum absolute atomic E-state index is 12.6. The summed E-state index contributed by atoms with van der Waals surface area (Å²) in [5.74, 6) is 1.54. The third-order valence-corrected chi connectivity index (χ3v) is 6.29. The summed E-state index contributed by atoms with van der Waals surface area (Å²) in [6.07, 6.45) is 2.42. The second-order valence-electron chi connectivity index (χ2n) is 6.58. The van der Waals surface area contributed by atoms with Crippen LogP contribution in [-0.4, -0.2) is 43.6 Å². The van der Waals surface area contributed by atoms with Crippen LogP contribution in [0.25, 0.3) is 10.4 Å². The number of amides is 1. The molecule has 24 heavy (non-hydrogen) atoms. The zero-order valence-electron chi connectivity index (χ0n) is 13.8. The number of carbonyl (C=O) groups is 1. The summed E-state index contributed by atoms with van der Waals surface area (Å²) in [7, 11) is 1.67. The summed E-state index contributed by atoms with van der Waals surface area (Å²) in [4.78, 5) is 16.9. The fraction of sp³-hybridized carbons (Fsp3) is 0.421. The van der Waals surface area contributed by atoms with Crippen molar-refractivity contribution in [3.05, 3.63) is 41.3 Å². The van der Waals surface area contributed by atoms with E-state index in [-0.39, 0.29) is 5.91 Å². The van der Waals surface area contributed by atoms with Gasteiger partial charge in [-0.1, -0.05) is 12.1 Å². The van der Waals surface area contributed by atoms with Crippen molar-refractivity contribution in [2.75, 3.05) is 26.7 Å². The highest BCUT2D eigenvalue weighted by Crippen LogP contribution is 2.35. The fourth-order valence-corrected chi connectivity index (χ4v) is 4.76. The van der Waals surface area contributed by atoms with Gasteiger partial charge >= 0.3 is 0 Å². The summed E-state index contributed by atoms with van der Waals surface area (Å²) < 4.78 is 5.43. The molecule has 2 aromatic rings. The minimum Gasteiger partial charge on any atom is -0.496 e. The standard InChI is InChI=1S/C19H22N2O2S/c1-23-16-5-3-2-4-14(16)17-6-7-18(24-17)19(22)20-15-12-21-10-8-13(15)9-11-21/h2-7,13,15H,8-12H2,1H3,(H,20,22). The van der Waals surface area contributed by atoms with Gasteiger partial charge in [0.2, 0.25) is 0 Å². The maximum atomic E-state index is 12.6. The largest absolute Gasteiger partial charge is 0.496 e. The molecule has 5 rings (SSSR count). The van der Waals surface area contributed by atoms with Gasteiger partial charge < -0.3 is 15.0 Å². The van der Waals surface area contributed by atoms with Gasteiger partial charge in [-0.3, -0.25) is 4.79 Å². The number of rotatable bonds is 4. The molecular formula is C19H22N2O2S. The zero-order chi connectivity index (χ0) is 16.5. The van der Waals surface area contributed by atoms with Crippen molar-refractivity contribution in [2.24, 2.45) is 5.92 Å². The third kappa shape index (κ3) is 2.94. The van der Waals surface area contributed by atoms with Crippen molar-refractivity contribution in [3.8, 4) is 16.2 Å². The van der Waals surface area contributed by atoms with E-state index in [1.54, 1.807) is 7.11 Å². The zero-order valence-corrected chi connectivity index (χ0v) is 14.6. The van der Waals surface area contributed by atoms with Gasteiger partial charge in [-0.15, -0.1) is 11.3 Å². The first-order valence-corrected chi connectivity index (χ1v) is 9.32. The molecule has 126 valence electrons. The Kier molecular flexibility index (Phi) is 4.29. The monoisotopic (exact) mass is 342 g/mol. The van der Waals surface area contributed by atoms with Crippen LogP contribution in [0.4, 0.5) is 0 Å². The van der Waals surface area contributed by atoms with Gasteiger partial charge in [0.05, 0.1) is 12.0 Å². The number of nitrogens with zero attached hydrogens (tertiary/aromatic N) is 1. The van der Waals surface area contributed by atoms with E-state index in [0.29, 0.717) is 12.0 Å². The van der Waals surface area contributed by atoms with Gasteiger partial charge in [0.25, 0.3) is 5.91 Å². The van der Waals surface area contributed by atoms with Crippen molar-refractivity contribution in [1.29, 1.82) is 0 Å². The molecule has 0 radical (unpaired) electrons. The van der Waals surface area contributed by atoms with Crippen molar-refractivity contribution in [3.63, 3.8) is 0 Å². The number of hydrogen-bond donors (Lipinski definition) is 1. The highest BCUT2D eigenvalue weighted by molar-refractivity contribution is 7.17. The van der Waals surface area contributed by atoms with Crippen LogP contribution in [0.5, 0.6) is 5.75 Å². The van der Waals surface area contributed by atoms with Crippen LogP contribution in [0, 0.1) is 5.92 Å². The average molecular weight is 342 g/mol. The first-order chi connectivity index (χ1) is 11.7. The number of carbonyl (C=O) groups excluding carboxylic acids is 1. The second-order valence-corrected chi connectivity index (χ2v) is 7.67. The maximum Gasteiger partial charge on any atom is 0.261 e. The lowest BCUT2D eigenvalue weighted by molar-refractivity contribution is 0.0622. The molecule has 3 saturated heterocycles. The highest BCUT2D eigenvalue weighted by atomic mass is 32.1. The van der Waals surface area contributed by atoms with Crippen molar-refractivity contribution in [1.82, 2.24) is 10.2 Å². The number of fused-ring (bicyclic) bond motifs is 3. The molecule has 4 heterocycles. The normalized spacial score (nSPS) is 25.5. The van der Waals surface area contributed by atoms with Crippen molar-refractivity contribution in [2.45, 2.75) is 18.9 Å². The molecule has 3 aliphatic rings. The molecule has 3 aliphatic heterocycles. The van der Waals surface area contributed by atoms with Crippen LogP contribution in [0.2, 0.25) is 0 Å². The van der Waals surface area contributed by atoms with E-state index in [1.165, 1.54) is 37.3 Å². The minimum absolute atomic E-state index is 0.0555. The molecule has 1 N–H and O–H groups in total. The van der Waals surface area contributed by atoms with Gasteiger partial charge in [0.1, 0.15) is 5.75 Å². The Morgan fingerprint density at radius 2 is 2.00 bits per heavy atom. The van der Waals surface area contributed by atoms with Crippen LogP contribution in [0.3, 0.4) is 0 Å². The molecule has 4 nitrogen and oxygen atoms in total. The van der Waals surface area contributed by atoms with Gasteiger partial charge in [-0.25, -0.2) is 0 Å². The number of methoxy groups -OCH3 is 1. The van der Waals surface area contributed by atoms with E-state index in [9.17, 15) is 4.79 Å². The van der Waals surface area contributed by atoms with E-state index in [0.717, 1.165) is 27.6 Å². The van der Waals surface area contributed by atoms with E-state index in [2.05, 4.69) is 10.2 Å². The summed E-state index contributed by atoms with van der Waals surface area (Å²) >= 11 is 1.53. The highest BCUT2D eigenvalue weighted by Gasteiger charge is 2.35. The van der Waals surface area contributed by atoms with E-state index >= 15 is 0 Å². The molecule has 2 bridgehead atoms. The average Bonchev–Trinajstić information content (AvgIpc) is 3.13. The Morgan fingerprint density at radius 1 is 1.21 bits per heavy atom. The molecule has 1 unspecified atom stereocenters. The molecule has 5 heteroatoms. The number of nitrogens with one attached hydrogen (secondary N) is 1. The third-order valence-electron chi connectivity index (χ3n) is 5.17. The molecule has 1 amide bonds. The Labute approximate surface area is 146 Å². The van der Waals surface area contributed by atoms with Gasteiger partial charge in [-0.05, 0) is 56.1 Å². The number of para-hydroxylation sites is 1. The molecule has 0 aliphatic carbocycles. The molecule has 1 aromatic carbocycles. The fourth-order valence-electron chi connectivity index (χ4n) is 3.82. The van der Waals surface area contributed by atoms with Crippen LogP contribution < -0.4 is 10.1 Å². The van der Waals surface area contributed by atoms with Crippen molar-refractivity contribution >= 4 is 17.2 Å². The summed E-state index contributed by atoms with van der Waals surface area (Å²) in [6.45, 7) is 3.38. The lowest BCUT2D eigenvalue weighted by Crippen LogP contribution is -2.57. The Balaban J connectivity index is 1.49. The van der Waals surface area contributed by atoms with Crippen LogP contribution in [-0.2, 0) is 0 Å². The van der Waals surface area contributed by atoms with Crippen molar-refractivity contribution < 1.29 is 9.53 Å². The Hall–Kier alpha value is -1.85.